The van der Waals surface area contributed by atoms with Gasteiger partial charge in [0.05, 0.1) is 24.1 Å². The zero-order valence-corrected chi connectivity index (χ0v) is 19.0. The fourth-order valence-electron chi connectivity index (χ4n) is 5.11. The van der Waals surface area contributed by atoms with Gasteiger partial charge >= 0.3 is 5.97 Å². The highest BCUT2D eigenvalue weighted by Gasteiger charge is 2.32. The average Bonchev–Trinajstić information content (AvgIpc) is 2.75. The molecule has 6 rings (SSSR count). The van der Waals surface area contributed by atoms with E-state index < -0.39 is 5.97 Å². The number of carbonyl (C=O) groups excluding carboxylic acids is 1. The van der Waals surface area contributed by atoms with Crippen LogP contribution in [0.25, 0.3) is 33.4 Å². The molecule has 1 aliphatic carbocycles. The number of benzene rings is 3. The molecule has 2 aromatic rings. The average molecular weight is 454 g/mol. The van der Waals surface area contributed by atoms with E-state index in [1.165, 1.54) is 6.42 Å². The van der Waals surface area contributed by atoms with Crippen LogP contribution in [-0.4, -0.2) is 42.5 Å². The fraction of sp³-hybridized carbons (Fsp3) is 0.250. The number of hydrogen-bond donors (Lipinski definition) is 1. The standard InChI is InChI=1S/C28H24N2O4/c1-17(31)24-11-14-30(24)19-8-10-23-26(16-19)34-25-15-18(29-12-4-13-29)7-9-22(25)27(23)20-5-2-3-6-21(20)28(32)33/h2-3,5-10,15-16,24H,4,11-14H2,1H3/p+1. The molecule has 2 aromatic carbocycles. The number of rotatable bonds is 4. The van der Waals surface area contributed by atoms with E-state index >= 15 is 0 Å². The minimum absolute atomic E-state index is 0.0943. The van der Waals surface area contributed by atoms with Crippen molar-refractivity contribution in [2.24, 2.45) is 0 Å². The Bertz CT molecular complexity index is 1510. The summed E-state index contributed by atoms with van der Waals surface area (Å²) in [6.45, 7) is 4.52. The number of Topliss-reactive ketones (excluding diaryl/α,β-unsaturated/α-hetero) is 1. The first-order valence-electron chi connectivity index (χ1n) is 11.7. The first-order chi connectivity index (χ1) is 16.5. The molecule has 6 heteroatoms. The second-order valence-electron chi connectivity index (χ2n) is 9.14. The van der Waals surface area contributed by atoms with Crippen molar-refractivity contribution in [3.8, 4) is 22.5 Å². The molecule has 1 atom stereocenters. The number of nitrogens with zero attached hydrogens (tertiary/aromatic N) is 2. The molecule has 3 aliphatic heterocycles. The first-order valence-corrected chi connectivity index (χ1v) is 11.7. The van der Waals surface area contributed by atoms with Gasteiger partial charge in [-0.2, -0.15) is 0 Å². The number of carbonyl (C=O) groups is 2. The maximum absolute atomic E-state index is 12.1. The normalized spacial score (nSPS) is 17.5. The zero-order chi connectivity index (χ0) is 23.4. The number of aromatic carboxylic acids is 1. The molecule has 4 aliphatic rings. The monoisotopic (exact) mass is 453 g/mol. The summed E-state index contributed by atoms with van der Waals surface area (Å²) >= 11 is 0. The van der Waals surface area contributed by atoms with Gasteiger partial charge in [-0.05, 0) is 43.2 Å². The molecular formula is C28H25N2O4+. The molecule has 0 bridgehead atoms. The highest BCUT2D eigenvalue weighted by atomic mass is 16.4. The zero-order valence-electron chi connectivity index (χ0n) is 19.0. The van der Waals surface area contributed by atoms with Crippen LogP contribution in [-0.2, 0) is 4.79 Å². The third kappa shape index (κ3) is 3.21. The number of carboxylic acid groups (broad SMARTS) is 1. The van der Waals surface area contributed by atoms with E-state index in [2.05, 4.69) is 21.6 Å². The number of fused-ring (bicyclic) bond motifs is 2. The summed E-state index contributed by atoms with van der Waals surface area (Å²) in [5, 5.41) is 11.9. The third-order valence-corrected chi connectivity index (χ3v) is 7.16. The molecule has 2 fully saturated rings. The van der Waals surface area contributed by atoms with Crippen molar-refractivity contribution in [2.75, 3.05) is 24.5 Å². The van der Waals surface area contributed by atoms with Gasteiger partial charge in [-0.1, -0.05) is 18.2 Å². The van der Waals surface area contributed by atoms with Crippen molar-refractivity contribution >= 4 is 28.4 Å². The van der Waals surface area contributed by atoms with Gasteiger partial charge < -0.3 is 14.4 Å². The quantitative estimate of drug-likeness (QED) is 0.370. The molecule has 170 valence electrons. The highest BCUT2D eigenvalue weighted by Crippen LogP contribution is 2.42. The Labute approximate surface area is 196 Å². The van der Waals surface area contributed by atoms with Crippen molar-refractivity contribution in [3.05, 3.63) is 71.6 Å². The summed E-state index contributed by atoms with van der Waals surface area (Å²) in [5.41, 5.74) is 4.27. The largest absolute Gasteiger partial charge is 0.478 e. The lowest BCUT2D eigenvalue weighted by Gasteiger charge is -2.41. The second kappa shape index (κ2) is 7.83. The van der Waals surface area contributed by atoms with Crippen LogP contribution in [0.15, 0.2) is 65.1 Å². The van der Waals surface area contributed by atoms with E-state index in [1.807, 2.05) is 36.4 Å². The van der Waals surface area contributed by atoms with Crippen molar-refractivity contribution in [1.82, 2.24) is 4.58 Å². The number of carboxylic acids is 1. The topological polar surface area (TPSA) is 73.8 Å². The molecule has 2 saturated heterocycles. The molecule has 1 N–H and O–H groups in total. The molecule has 0 saturated carbocycles. The summed E-state index contributed by atoms with van der Waals surface area (Å²) < 4.78 is 8.74. The van der Waals surface area contributed by atoms with E-state index in [0.29, 0.717) is 11.1 Å². The Morgan fingerprint density at radius 2 is 1.85 bits per heavy atom. The van der Waals surface area contributed by atoms with Gasteiger partial charge in [0.1, 0.15) is 24.4 Å². The third-order valence-electron chi connectivity index (χ3n) is 7.16. The Hall–Kier alpha value is -3.93. The predicted molar refractivity (Wildman–Crippen MR) is 131 cm³/mol. The minimum atomic E-state index is -0.962. The summed E-state index contributed by atoms with van der Waals surface area (Å²) in [6.07, 6.45) is 2.04. The molecule has 0 radical (unpaired) electrons. The predicted octanol–water partition coefficient (Wildman–Crippen LogP) is 4.25. The Balaban J connectivity index is 1.64. The van der Waals surface area contributed by atoms with Gasteiger partial charge in [0.2, 0.25) is 5.36 Å². The van der Waals surface area contributed by atoms with Crippen LogP contribution in [0, 0.1) is 0 Å². The molecule has 0 amide bonds. The molecule has 1 unspecified atom stereocenters. The van der Waals surface area contributed by atoms with Crippen LogP contribution in [0.3, 0.4) is 0 Å². The van der Waals surface area contributed by atoms with Gasteiger partial charge in [-0.25, -0.2) is 9.37 Å². The summed E-state index contributed by atoms with van der Waals surface area (Å²) in [5.74, 6) is -0.0792. The van der Waals surface area contributed by atoms with Gasteiger partial charge in [0.25, 0.3) is 0 Å². The van der Waals surface area contributed by atoms with Crippen molar-refractivity contribution in [3.63, 3.8) is 0 Å². The molecule has 0 spiro atoms. The van der Waals surface area contributed by atoms with Crippen molar-refractivity contribution < 1.29 is 19.1 Å². The first kappa shape index (κ1) is 20.7. The number of anilines is 1. The molecular weight excluding hydrogens is 428 g/mol. The van der Waals surface area contributed by atoms with Crippen LogP contribution >= 0.6 is 0 Å². The van der Waals surface area contributed by atoms with E-state index in [0.717, 1.165) is 59.4 Å². The van der Waals surface area contributed by atoms with Crippen LogP contribution in [0.2, 0.25) is 0 Å². The van der Waals surface area contributed by atoms with Crippen LogP contribution in [0.1, 0.15) is 30.1 Å². The fourth-order valence-corrected chi connectivity index (χ4v) is 5.11. The van der Waals surface area contributed by atoms with Gasteiger partial charge in [0, 0.05) is 40.9 Å². The Morgan fingerprint density at radius 1 is 1.03 bits per heavy atom. The molecule has 6 nitrogen and oxygen atoms in total. The van der Waals surface area contributed by atoms with E-state index in [9.17, 15) is 14.7 Å². The SMILES string of the molecule is CC(=O)C1CCN1c1ccc2c(-c3ccccc3C(=O)O)c3ccc(=[N+]4CCC4)cc-3oc2c1. The van der Waals surface area contributed by atoms with Crippen LogP contribution in [0.5, 0.6) is 0 Å². The smallest absolute Gasteiger partial charge is 0.336 e. The van der Waals surface area contributed by atoms with Crippen LogP contribution < -0.4 is 14.8 Å². The summed E-state index contributed by atoms with van der Waals surface area (Å²) in [6, 6.07) is 19.2. The lowest BCUT2D eigenvalue weighted by atomic mass is 9.90. The van der Waals surface area contributed by atoms with Gasteiger partial charge in [-0.15, -0.1) is 0 Å². The minimum Gasteiger partial charge on any atom is -0.478 e. The number of hydrogen-bond acceptors (Lipinski definition) is 4. The van der Waals surface area contributed by atoms with Crippen LogP contribution in [0.4, 0.5) is 5.69 Å². The lowest BCUT2D eigenvalue weighted by molar-refractivity contribution is -0.119. The molecule has 0 aromatic heterocycles. The van der Waals surface area contributed by atoms with E-state index in [1.54, 1.807) is 19.1 Å². The summed E-state index contributed by atoms with van der Waals surface area (Å²) in [4.78, 5) is 26.2. The Kier molecular flexibility index (Phi) is 4.76. The highest BCUT2D eigenvalue weighted by molar-refractivity contribution is 6.08. The van der Waals surface area contributed by atoms with E-state index in [4.69, 9.17) is 4.42 Å². The maximum atomic E-state index is 12.1. The second-order valence-corrected chi connectivity index (χ2v) is 9.14. The molecule has 34 heavy (non-hydrogen) atoms. The maximum Gasteiger partial charge on any atom is 0.336 e. The number of ketones is 1. The lowest BCUT2D eigenvalue weighted by Crippen LogP contribution is -2.51. The van der Waals surface area contributed by atoms with Gasteiger partial charge in [0.15, 0.2) is 5.78 Å². The van der Waals surface area contributed by atoms with Crippen molar-refractivity contribution in [1.29, 1.82) is 0 Å². The molecule has 3 heterocycles. The Morgan fingerprint density at radius 3 is 2.53 bits per heavy atom. The van der Waals surface area contributed by atoms with E-state index in [-0.39, 0.29) is 17.4 Å². The van der Waals surface area contributed by atoms with Crippen molar-refractivity contribution in [2.45, 2.75) is 25.8 Å². The van der Waals surface area contributed by atoms with Gasteiger partial charge in [-0.3, -0.25) is 4.79 Å². The summed E-state index contributed by atoms with van der Waals surface area (Å²) in [7, 11) is 0.